The zero-order valence-electron chi connectivity index (χ0n) is 11.6. The Morgan fingerprint density at radius 1 is 1.61 bits per heavy atom. The van der Waals surface area contributed by atoms with Gasteiger partial charge in [-0.15, -0.1) is 0 Å². The van der Waals surface area contributed by atoms with E-state index in [-0.39, 0.29) is 17.9 Å². The number of carbonyl (C=O) groups excluding carboxylic acids is 1. The molecule has 0 aromatic rings. The summed E-state index contributed by atoms with van der Waals surface area (Å²) >= 11 is 4.98. The van der Waals surface area contributed by atoms with E-state index in [1.54, 1.807) is 0 Å². The molecule has 3 N–H and O–H groups in total. The highest BCUT2D eigenvalue weighted by Crippen LogP contribution is 2.17. The summed E-state index contributed by atoms with van der Waals surface area (Å²) in [5, 5.41) is 3.12. The van der Waals surface area contributed by atoms with Crippen molar-refractivity contribution in [3.8, 4) is 0 Å². The third kappa shape index (κ3) is 4.21. The van der Waals surface area contributed by atoms with Gasteiger partial charge in [-0.2, -0.15) is 0 Å². The molecule has 104 valence electrons. The van der Waals surface area contributed by atoms with Crippen LogP contribution in [0.1, 0.15) is 33.1 Å². The van der Waals surface area contributed by atoms with Crippen LogP contribution in [0.15, 0.2) is 0 Å². The molecule has 1 aliphatic heterocycles. The van der Waals surface area contributed by atoms with Gasteiger partial charge in [0.05, 0.1) is 10.9 Å². The number of hydrogen-bond acceptors (Lipinski definition) is 3. The molecule has 1 rings (SSSR count). The molecule has 0 bridgehead atoms. The van der Waals surface area contributed by atoms with E-state index >= 15 is 0 Å². The van der Waals surface area contributed by atoms with E-state index in [0.29, 0.717) is 10.9 Å². The molecule has 5 heteroatoms. The van der Waals surface area contributed by atoms with E-state index in [1.165, 1.54) is 0 Å². The SMILES string of the molecule is CCCC(C(=O)NC1CCN(C)CC1C)C(N)=S. The van der Waals surface area contributed by atoms with Crippen molar-refractivity contribution in [3.05, 3.63) is 0 Å². The molecule has 0 aromatic heterocycles. The standard InChI is InChI=1S/C13H25N3OS/c1-4-5-10(12(14)18)13(17)15-11-6-7-16(3)8-9(11)2/h9-11H,4-8H2,1-3H3,(H2,14,18)(H,15,17). The Bertz CT molecular complexity index is 309. The van der Waals surface area contributed by atoms with E-state index in [1.807, 2.05) is 6.92 Å². The molecule has 1 amide bonds. The number of likely N-dealkylation sites (tertiary alicyclic amines) is 1. The highest BCUT2D eigenvalue weighted by Gasteiger charge is 2.28. The lowest BCUT2D eigenvalue weighted by atomic mass is 9.93. The molecule has 0 aliphatic carbocycles. The van der Waals surface area contributed by atoms with Crippen molar-refractivity contribution in [1.82, 2.24) is 10.2 Å². The molecule has 18 heavy (non-hydrogen) atoms. The van der Waals surface area contributed by atoms with Gasteiger partial charge in [-0.1, -0.05) is 32.5 Å². The molecule has 0 aromatic carbocycles. The fraction of sp³-hybridized carbons (Fsp3) is 0.846. The topological polar surface area (TPSA) is 58.4 Å². The van der Waals surface area contributed by atoms with Crippen LogP contribution in [-0.4, -0.2) is 42.0 Å². The normalized spacial score (nSPS) is 26.6. The summed E-state index contributed by atoms with van der Waals surface area (Å²) < 4.78 is 0. The van der Waals surface area contributed by atoms with Crippen molar-refractivity contribution in [2.24, 2.45) is 17.6 Å². The Balaban J connectivity index is 2.54. The average Bonchev–Trinajstić information content (AvgIpc) is 2.29. The summed E-state index contributed by atoms with van der Waals surface area (Å²) in [6, 6.07) is 0.252. The zero-order valence-corrected chi connectivity index (χ0v) is 12.4. The van der Waals surface area contributed by atoms with Gasteiger partial charge in [0.1, 0.15) is 0 Å². The average molecular weight is 271 g/mol. The molecule has 3 atom stereocenters. The predicted octanol–water partition coefficient (Wildman–Crippen LogP) is 1.15. The molecule has 0 spiro atoms. The smallest absolute Gasteiger partial charge is 0.230 e. The van der Waals surface area contributed by atoms with Gasteiger partial charge < -0.3 is 16.0 Å². The molecule has 4 nitrogen and oxygen atoms in total. The van der Waals surface area contributed by atoms with Crippen LogP contribution in [0.2, 0.25) is 0 Å². The molecule has 1 fully saturated rings. The highest BCUT2D eigenvalue weighted by molar-refractivity contribution is 7.80. The number of nitrogens with one attached hydrogen (secondary N) is 1. The number of hydrogen-bond donors (Lipinski definition) is 2. The Morgan fingerprint density at radius 3 is 2.78 bits per heavy atom. The highest BCUT2D eigenvalue weighted by atomic mass is 32.1. The van der Waals surface area contributed by atoms with Crippen LogP contribution in [0.25, 0.3) is 0 Å². The van der Waals surface area contributed by atoms with E-state index in [0.717, 1.165) is 32.4 Å². The summed E-state index contributed by atoms with van der Waals surface area (Å²) in [6.45, 7) is 6.27. The first-order chi connectivity index (χ1) is 8.45. The van der Waals surface area contributed by atoms with Gasteiger partial charge in [-0.25, -0.2) is 0 Å². The summed E-state index contributed by atoms with van der Waals surface area (Å²) in [4.78, 5) is 14.8. The zero-order chi connectivity index (χ0) is 13.7. The third-order valence-corrected chi connectivity index (χ3v) is 3.96. The molecular weight excluding hydrogens is 246 g/mol. The van der Waals surface area contributed by atoms with Crippen LogP contribution in [-0.2, 0) is 4.79 Å². The van der Waals surface area contributed by atoms with Crippen molar-refractivity contribution in [3.63, 3.8) is 0 Å². The van der Waals surface area contributed by atoms with E-state index in [2.05, 4.69) is 24.2 Å². The van der Waals surface area contributed by atoms with E-state index in [4.69, 9.17) is 18.0 Å². The molecular formula is C13H25N3OS. The first-order valence-electron chi connectivity index (χ1n) is 6.74. The molecule has 3 unspecified atom stereocenters. The van der Waals surface area contributed by atoms with Crippen molar-refractivity contribution in [1.29, 1.82) is 0 Å². The second kappa shape index (κ2) is 7.04. The minimum absolute atomic E-state index is 0.00533. The first-order valence-corrected chi connectivity index (χ1v) is 7.14. The number of rotatable bonds is 5. The van der Waals surface area contributed by atoms with Crippen LogP contribution in [0.3, 0.4) is 0 Å². The minimum atomic E-state index is -0.308. The van der Waals surface area contributed by atoms with Crippen molar-refractivity contribution in [2.75, 3.05) is 20.1 Å². The maximum absolute atomic E-state index is 12.2. The summed E-state index contributed by atoms with van der Waals surface area (Å²) in [6.07, 6.45) is 2.65. The lowest BCUT2D eigenvalue weighted by molar-refractivity contribution is -0.124. The van der Waals surface area contributed by atoms with Crippen molar-refractivity contribution >= 4 is 23.1 Å². The van der Waals surface area contributed by atoms with E-state index < -0.39 is 0 Å². The summed E-state index contributed by atoms with van der Waals surface area (Å²) in [5.41, 5.74) is 5.65. The van der Waals surface area contributed by atoms with Gasteiger partial charge in [-0.3, -0.25) is 4.79 Å². The van der Waals surface area contributed by atoms with Crippen LogP contribution in [0.4, 0.5) is 0 Å². The third-order valence-electron chi connectivity index (χ3n) is 3.67. The summed E-state index contributed by atoms with van der Waals surface area (Å²) in [7, 11) is 2.11. The van der Waals surface area contributed by atoms with Crippen LogP contribution < -0.4 is 11.1 Å². The Labute approximate surface area is 115 Å². The largest absolute Gasteiger partial charge is 0.393 e. The van der Waals surface area contributed by atoms with Crippen molar-refractivity contribution in [2.45, 2.75) is 39.2 Å². The van der Waals surface area contributed by atoms with Crippen LogP contribution in [0.5, 0.6) is 0 Å². The number of nitrogens with zero attached hydrogens (tertiary/aromatic N) is 1. The molecule has 1 aliphatic rings. The first kappa shape index (κ1) is 15.4. The second-order valence-electron chi connectivity index (χ2n) is 5.39. The Hall–Kier alpha value is -0.680. The van der Waals surface area contributed by atoms with Gasteiger partial charge in [0, 0.05) is 12.6 Å². The Morgan fingerprint density at radius 2 is 2.28 bits per heavy atom. The van der Waals surface area contributed by atoms with Gasteiger partial charge in [-0.05, 0) is 32.4 Å². The molecule has 1 saturated heterocycles. The quantitative estimate of drug-likeness (QED) is 0.736. The van der Waals surface area contributed by atoms with Gasteiger partial charge in [0.2, 0.25) is 5.91 Å². The number of nitrogens with two attached hydrogens (primary N) is 1. The lowest BCUT2D eigenvalue weighted by Crippen LogP contribution is -2.51. The fourth-order valence-corrected chi connectivity index (χ4v) is 2.77. The maximum atomic E-state index is 12.2. The fourth-order valence-electron chi connectivity index (χ4n) is 2.54. The van der Waals surface area contributed by atoms with Crippen molar-refractivity contribution < 1.29 is 4.79 Å². The minimum Gasteiger partial charge on any atom is -0.393 e. The van der Waals surface area contributed by atoms with Gasteiger partial charge in [0.25, 0.3) is 0 Å². The van der Waals surface area contributed by atoms with Crippen LogP contribution >= 0.6 is 12.2 Å². The number of amides is 1. The molecule has 0 saturated carbocycles. The van der Waals surface area contributed by atoms with Gasteiger partial charge in [0.15, 0.2) is 0 Å². The predicted molar refractivity (Wildman–Crippen MR) is 78.4 cm³/mol. The lowest BCUT2D eigenvalue weighted by Gasteiger charge is -2.35. The molecule has 0 radical (unpaired) electrons. The monoisotopic (exact) mass is 271 g/mol. The summed E-state index contributed by atoms with van der Waals surface area (Å²) in [5.74, 6) is 0.170. The number of thiocarbonyl (C=S) groups is 1. The van der Waals surface area contributed by atoms with E-state index in [9.17, 15) is 4.79 Å². The maximum Gasteiger partial charge on any atom is 0.230 e. The Kier molecular flexibility index (Phi) is 6.02. The second-order valence-corrected chi connectivity index (χ2v) is 5.86. The molecule has 1 heterocycles. The van der Waals surface area contributed by atoms with Crippen LogP contribution in [0, 0.1) is 11.8 Å². The number of carbonyl (C=O) groups is 1. The van der Waals surface area contributed by atoms with Gasteiger partial charge >= 0.3 is 0 Å². The number of piperidine rings is 1.